The molecule has 2 rings (SSSR count). The summed E-state index contributed by atoms with van der Waals surface area (Å²) >= 11 is 5.37. The summed E-state index contributed by atoms with van der Waals surface area (Å²) in [6, 6.07) is 8.31. The molecule has 0 saturated carbocycles. The fraction of sp³-hybridized carbons (Fsp3) is 0.167. The number of thiophene rings is 1. The summed E-state index contributed by atoms with van der Waals surface area (Å²) in [4.78, 5) is 2.59. The van der Waals surface area contributed by atoms with Crippen molar-refractivity contribution < 1.29 is 0 Å². The number of halogens is 1. The van der Waals surface area contributed by atoms with E-state index in [0.29, 0.717) is 0 Å². The van der Waals surface area contributed by atoms with Gasteiger partial charge in [0.1, 0.15) is 0 Å². The zero-order valence-corrected chi connectivity index (χ0v) is 11.1. The van der Waals surface area contributed by atoms with Crippen LogP contribution in [-0.2, 0) is 0 Å². The highest BCUT2D eigenvalue weighted by Gasteiger charge is 2.07. The molecule has 0 unspecified atom stereocenters. The van der Waals surface area contributed by atoms with Gasteiger partial charge in [-0.15, -0.1) is 11.3 Å². The summed E-state index contributed by atoms with van der Waals surface area (Å²) in [5, 5.41) is 0. The molecule has 0 aliphatic carbocycles. The van der Waals surface area contributed by atoms with Crippen LogP contribution in [0.15, 0.2) is 28.7 Å². The first-order valence-corrected chi connectivity index (χ1v) is 6.31. The van der Waals surface area contributed by atoms with E-state index in [4.69, 9.17) is 5.73 Å². The van der Waals surface area contributed by atoms with Gasteiger partial charge in [0.05, 0.1) is 0 Å². The molecular formula is C12H12BrNS. The Labute approximate surface area is 102 Å². The fourth-order valence-corrected chi connectivity index (χ4v) is 3.36. The summed E-state index contributed by atoms with van der Waals surface area (Å²) in [5.41, 5.74) is 9.01. The number of hydrogen-bond donors (Lipinski definition) is 1. The number of benzene rings is 1. The Morgan fingerprint density at radius 2 is 1.93 bits per heavy atom. The summed E-state index contributed by atoms with van der Waals surface area (Å²) in [6.07, 6.45) is 0. The molecule has 1 nitrogen and oxygen atoms in total. The second-order valence-corrected chi connectivity index (χ2v) is 5.72. The first-order valence-electron chi connectivity index (χ1n) is 4.70. The number of nitrogen functional groups attached to an aromatic ring is 1. The molecule has 0 aliphatic heterocycles. The van der Waals surface area contributed by atoms with Crippen LogP contribution in [0.5, 0.6) is 0 Å². The average molecular weight is 282 g/mol. The zero-order valence-electron chi connectivity index (χ0n) is 8.67. The van der Waals surface area contributed by atoms with E-state index in [2.05, 4.69) is 41.1 Å². The molecular weight excluding hydrogens is 270 g/mol. The predicted molar refractivity (Wildman–Crippen MR) is 71.3 cm³/mol. The lowest BCUT2D eigenvalue weighted by molar-refractivity contribution is 1.47. The number of hydrogen-bond acceptors (Lipinski definition) is 2. The molecule has 0 aliphatic rings. The van der Waals surface area contributed by atoms with E-state index in [1.54, 1.807) is 11.3 Å². The van der Waals surface area contributed by atoms with Crippen LogP contribution in [0.4, 0.5) is 5.69 Å². The van der Waals surface area contributed by atoms with Gasteiger partial charge in [-0.3, -0.25) is 0 Å². The molecule has 0 radical (unpaired) electrons. The minimum atomic E-state index is 0.850. The first kappa shape index (κ1) is 10.7. The smallest absolute Gasteiger partial charge is 0.0487 e. The Bertz CT molecular complexity index is 502. The highest BCUT2D eigenvalue weighted by atomic mass is 79.9. The molecule has 3 heteroatoms. The topological polar surface area (TPSA) is 26.0 Å². The van der Waals surface area contributed by atoms with Gasteiger partial charge >= 0.3 is 0 Å². The van der Waals surface area contributed by atoms with Gasteiger partial charge in [-0.25, -0.2) is 0 Å². The molecule has 2 aromatic rings. The van der Waals surface area contributed by atoms with Gasteiger partial charge in [0.25, 0.3) is 0 Å². The maximum atomic E-state index is 5.80. The molecule has 0 atom stereocenters. The molecule has 0 amide bonds. The molecule has 0 fully saturated rings. The number of aryl methyl sites for hydroxylation is 2. The maximum Gasteiger partial charge on any atom is 0.0487 e. The van der Waals surface area contributed by atoms with E-state index >= 15 is 0 Å². The average Bonchev–Trinajstić information content (AvgIpc) is 2.50. The number of anilines is 1. The standard InChI is InChI=1S/C12H12BrNS/c1-7-5-9(3-4-11(7)14)12-10(13)6-8(2)15-12/h3-6H,14H2,1-2H3. The molecule has 1 heterocycles. The van der Waals surface area contributed by atoms with Crippen molar-refractivity contribution in [3.05, 3.63) is 39.2 Å². The third-order valence-electron chi connectivity index (χ3n) is 2.34. The van der Waals surface area contributed by atoms with E-state index in [1.165, 1.54) is 15.3 Å². The fourth-order valence-electron chi connectivity index (χ4n) is 1.50. The third-order valence-corrected chi connectivity index (χ3v) is 4.33. The second-order valence-electron chi connectivity index (χ2n) is 3.61. The summed E-state index contributed by atoms with van der Waals surface area (Å²) < 4.78 is 1.16. The molecule has 78 valence electrons. The van der Waals surface area contributed by atoms with E-state index < -0.39 is 0 Å². The van der Waals surface area contributed by atoms with Crippen LogP contribution in [0, 0.1) is 13.8 Å². The van der Waals surface area contributed by atoms with E-state index in [1.807, 2.05) is 13.0 Å². The Hall–Kier alpha value is -0.800. The van der Waals surface area contributed by atoms with Crippen LogP contribution in [0.2, 0.25) is 0 Å². The Balaban J connectivity index is 2.54. The van der Waals surface area contributed by atoms with Crippen molar-refractivity contribution in [3.63, 3.8) is 0 Å². The van der Waals surface area contributed by atoms with Crippen LogP contribution >= 0.6 is 27.3 Å². The van der Waals surface area contributed by atoms with Gasteiger partial charge in [0, 0.05) is 19.9 Å². The number of rotatable bonds is 1. The van der Waals surface area contributed by atoms with Crippen LogP contribution in [0.3, 0.4) is 0 Å². The van der Waals surface area contributed by atoms with E-state index in [9.17, 15) is 0 Å². The van der Waals surface area contributed by atoms with Gasteiger partial charge in [0.15, 0.2) is 0 Å². The summed E-state index contributed by atoms with van der Waals surface area (Å²) in [6.45, 7) is 4.15. The normalized spacial score (nSPS) is 10.6. The first-order chi connectivity index (χ1) is 7.08. The minimum Gasteiger partial charge on any atom is -0.399 e. The largest absolute Gasteiger partial charge is 0.399 e. The van der Waals surface area contributed by atoms with Crippen molar-refractivity contribution in [2.75, 3.05) is 5.73 Å². The lowest BCUT2D eigenvalue weighted by atomic mass is 10.1. The lowest BCUT2D eigenvalue weighted by Gasteiger charge is -2.03. The van der Waals surface area contributed by atoms with Crippen molar-refractivity contribution in [1.29, 1.82) is 0 Å². The van der Waals surface area contributed by atoms with Gasteiger partial charge in [-0.05, 0) is 59.1 Å². The van der Waals surface area contributed by atoms with Crippen molar-refractivity contribution >= 4 is 33.0 Å². The molecule has 0 saturated heterocycles. The predicted octanol–water partition coefficient (Wildman–Crippen LogP) is 4.38. The molecule has 0 spiro atoms. The summed E-state index contributed by atoms with van der Waals surface area (Å²) in [5.74, 6) is 0. The monoisotopic (exact) mass is 281 g/mol. The van der Waals surface area contributed by atoms with Crippen molar-refractivity contribution in [2.45, 2.75) is 13.8 Å². The van der Waals surface area contributed by atoms with Crippen LogP contribution in [-0.4, -0.2) is 0 Å². The highest BCUT2D eigenvalue weighted by Crippen LogP contribution is 2.36. The molecule has 2 N–H and O–H groups in total. The van der Waals surface area contributed by atoms with Crippen molar-refractivity contribution in [3.8, 4) is 10.4 Å². The van der Waals surface area contributed by atoms with Crippen LogP contribution in [0.25, 0.3) is 10.4 Å². The Morgan fingerprint density at radius 1 is 1.20 bits per heavy atom. The second kappa shape index (κ2) is 3.99. The van der Waals surface area contributed by atoms with Crippen LogP contribution < -0.4 is 5.73 Å². The van der Waals surface area contributed by atoms with E-state index in [0.717, 1.165) is 15.7 Å². The minimum absolute atomic E-state index is 0.850. The Morgan fingerprint density at radius 3 is 2.47 bits per heavy atom. The van der Waals surface area contributed by atoms with Gasteiger partial charge in [-0.1, -0.05) is 6.07 Å². The zero-order chi connectivity index (χ0) is 11.0. The SMILES string of the molecule is Cc1cc(Br)c(-c2ccc(N)c(C)c2)s1. The molecule has 1 aromatic carbocycles. The van der Waals surface area contributed by atoms with Gasteiger partial charge in [-0.2, -0.15) is 0 Å². The Kier molecular flexibility index (Phi) is 2.85. The summed E-state index contributed by atoms with van der Waals surface area (Å²) in [7, 11) is 0. The van der Waals surface area contributed by atoms with Crippen LogP contribution in [0.1, 0.15) is 10.4 Å². The van der Waals surface area contributed by atoms with Crippen molar-refractivity contribution in [2.24, 2.45) is 0 Å². The van der Waals surface area contributed by atoms with Gasteiger partial charge in [0.2, 0.25) is 0 Å². The highest BCUT2D eigenvalue weighted by molar-refractivity contribution is 9.10. The quantitative estimate of drug-likeness (QED) is 0.772. The van der Waals surface area contributed by atoms with Crippen molar-refractivity contribution in [1.82, 2.24) is 0 Å². The maximum absolute atomic E-state index is 5.80. The molecule has 1 aromatic heterocycles. The van der Waals surface area contributed by atoms with Gasteiger partial charge < -0.3 is 5.73 Å². The number of nitrogens with two attached hydrogens (primary N) is 1. The molecule has 15 heavy (non-hydrogen) atoms. The lowest BCUT2D eigenvalue weighted by Crippen LogP contribution is -1.88. The molecule has 0 bridgehead atoms. The van der Waals surface area contributed by atoms with E-state index in [-0.39, 0.29) is 0 Å². The third kappa shape index (κ3) is 2.08.